The van der Waals surface area contributed by atoms with E-state index in [1.165, 1.54) is 11.1 Å². The minimum absolute atomic E-state index is 0.548. The molecule has 1 rings (SSSR count). The van der Waals surface area contributed by atoms with Crippen molar-refractivity contribution in [3.8, 4) is 5.75 Å². The Balaban J connectivity index is 2.51. The van der Waals surface area contributed by atoms with Gasteiger partial charge in [-0.25, -0.2) is 0 Å². The summed E-state index contributed by atoms with van der Waals surface area (Å²) < 4.78 is 5.46. The Morgan fingerprint density at radius 1 is 1.38 bits per heavy atom. The van der Waals surface area contributed by atoms with Crippen LogP contribution in [0.15, 0.2) is 35.4 Å². The standard InChI is InChI=1S/C11H13ClO/c1-9-3-5-11(6-4-9)13-8-10(2)7-12/h3-7H,8H2,1-2H3. The summed E-state index contributed by atoms with van der Waals surface area (Å²) in [5, 5.41) is 0. The predicted molar refractivity (Wildman–Crippen MR) is 56.3 cm³/mol. The van der Waals surface area contributed by atoms with Crippen LogP contribution in [-0.4, -0.2) is 6.61 Å². The maximum atomic E-state index is 5.50. The van der Waals surface area contributed by atoms with Crippen LogP contribution < -0.4 is 4.74 Å². The molecule has 0 saturated carbocycles. The molecule has 1 nitrogen and oxygen atoms in total. The molecule has 0 atom stereocenters. The molecule has 0 spiro atoms. The third kappa shape index (κ3) is 3.51. The van der Waals surface area contributed by atoms with Gasteiger partial charge in [-0.15, -0.1) is 0 Å². The van der Waals surface area contributed by atoms with Gasteiger partial charge in [0, 0.05) is 5.54 Å². The van der Waals surface area contributed by atoms with E-state index in [9.17, 15) is 0 Å². The highest BCUT2D eigenvalue weighted by molar-refractivity contribution is 6.25. The summed E-state index contributed by atoms with van der Waals surface area (Å²) in [6.07, 6.45) is 0. The van der Waals surface area contributed by atoms with Gasteiger partial charge >= 0.3 is 0 Å². The van der Waals surface area contributed by atoms with Gasteiger partial charge in [0.05, 0.1) is 0 Å². The molecular weight excluding hydrogens is 184 g/mol. The summed E-state index contributed by atoms with van der Waals surface area (Å²) >= 11 is 5.50. The summed E-state index contributed by atoms with van der Waals surface area (Å²) in [6, 6.07) is 7.96. The largest absolute Gasteiger partial charge is 0.489 e. The molecule has 1 aromatic carbocycles. The van der Waals surface area contributed by atoms with Crippen molar-refractivity contribution in [1.29, 1.82) is 0 Å². The second-order valence-electron chi connectivity index (χ2n) is 3.06. The Morgan fingerprint density at radius 2 is 2.00 bits per heavy atom. The van der Waals surface area contributed by atoms with Crippen molar-refractivity contribution < 1.29 is 4.74 Å². The third-order valence-corrected chi connectivity index (χ3v) is 2.05. The minimum atomic E-state index is 0.548. The maximum Gasteiger partial charge on any atom is 0.119 e. The monoisotopic (exact) mass is 196 g/mol. The van der Waals surface area contributed by atoms with E-state index in [1.807, 2.05) is 38.1 Å². The number of aryl methyl sites for hydroxylation is 1. The molecule has 0 aromatic heterocycles. The first kappa shape index (κ1) is 10.1. The lowest BCUT2D eigenvalue weighted by Crippen LogP contribution is -1.97. The van der Waals surface area contributed by atoms with Gasteiger partial charge in [0.15, 0.2) is 0 Å². The van der Waals surface area contributed by atoms with E-state index >= 15 is 0 Å². The van der Waals surface area contributed by atoms with E-state index in [1.54, 1.807) is 0 Å². The molecule has 0 saturated heterocycles. The Morgan fingerprint density at radius 3 is 2.54 bits per heavy atom. The summed E-state index contributed by atoms with van der Waals surface area (Å²) in [5.41, 5.74) is 3.79. The van der Waals surface area contributed by atoms with Gasteiger partial charge in [-0.3, -0.25) is 0 Å². The van der Waals surface area contributed by atoms with E-state index in [-0.39, 0.29) is 0 Å². The summed E-state index contributed by atoms with van der Waals surface area (Å²) in [7, 11) is 0. The first-order valence-corrected chi connectivity index (χ1v) is 4.61. The number of hydrogen-bond donors (Lipinski definition) is 0. The molecule has 2 heteroatoms. The minimum Gasteiger partial charge on any atom is -0.489 e. The van der Waals surface area contributed by atoms with Gasteiger partial charge in [-0.2, -0.15) is 0 Å². The first-order chi connectivity index (χ1) is 6.22. The summed E-state index contributed by atoms with van der Waals surface area (Å²) in [6.45, 7) is 4.53. The summed E-state index contributed by atoms with van der Waals surface area (Å²) in [4.78, 5) is 0. The van der Waals surface area contributed by atoms with Gasteiger partial charge in [-0.05, 0) is 31.6 Å². The molecule has 0 aliphatic rings. The van der Waals surface area contributed by atoms with Crippen LogP contribution in [-0.2, 0) is 0 Å². The number of benzene rings is 1. The lowest BCUT2D eigenvalue weighted by Gasteiger charge is -2.05. The highest BCUT2D eigenvalue weighted by Gasteiger charge is 1.93. The predicted octanol–water partition coefficient (Wildman–Crippen LogP) is 3.52. The Kier molecular flexibility index (Phi) is 3.84. The molecule has 0 heterocycles. The fourth-order valence-electron chi connectivity index (χ4n) is 0.863. The van der Waals surface area contributed by atoms with Crippen molar-refractivity contribution in [1.82, 2.24) is 0 Å². The molecule has 0 unspecified atom stereocenters. The second kappa shape index (κ2) is 4.93. The maximum absolute atomic E-state index is 5.50. The number of hydrogen-bond acceptors (Lipinski definition) is 1. The second-order valence-corrected chi connectivity index (χ2v) is 3.28. The fraction of sp³-hybridized carbons (Fsp3) is 0.273. The van der Waals surface area contributed by atoms with Crippen LogP contribution in [0.4, 0.5) is 0 Å². The van der Waals surface area contributed by atoms with E-state index in [0.29, 0.717) is 6.61 Å². The zero-order valence-electron chi connectivity index (χ0n) is 7.88. The van der Waals surface area contributed by atoms with Crippen molar-refractivity contribution >= 4 is 11.6 Å². The van der Waals surface area contributed by atoms with E-state index in [2.05, 4.69) is 0 Å². The van der Waals surface area contributed by atoms with Crippen LogP contribution in [0.25, 0.3) is 0 Å². The first-order valence-electron chi connectivity index (χ1n) is 4.17. The van der Waals surface area contributed by atoms with E-state index < -0.39 is 0 Å². The average molecular weight is 197 g/mol. The average Bonchev–Trinajstić information content (AvgIpc) is 2.16. The van der Waals surface area contributed by atoms with Crippen molar-refractivity contribution in [3.63, 3.8) is 0 Å². The van der Waals surface area contributed by atoms with Crippen LogP contribution in [0.5, 0.6) is 5.75 Å². The van der Waals surface area contributed by atoms with Crippen LogP contribution >= 0.6 is 11.6 Å². The SMILES string of the molecule is CC(=CCl)COc1ccc(C)cc1. The molecule has 0 N–H and O–H groups in total. The van der Waals surface area contributed by atoms with E-state index in [0.717, 1.165) is 11.3 Å². The van der Waals surface area contributed by atoms with Gasteiger partial charge in [-0.1, -0.05) is 29.3 Å². The topological polar surface area (TPSA) is 9.23 Å². The van der Waals surface area contributed by atoms with Gasteiger partial charge < -0.3 is 4.74 Å². The van der Waals surface area contributed by atoms with Crippen LogP contribution in [0.3, 0.4) is 0 Å². The van der Waals surface area contributed by atoms with Gasteiger partial charge in [0.25, 0.3) is 0 Å². The van der Waals surface area contributed by atoms with Crippen LogP contribution in [0.2, 0.25) is 0 Å². The van der Waals surface area contributed by atoms with E-state index in [4.69, 9.17) is 16.3 Å². The normalized spacial score (nSPS) is 11.5. The molecule has 0 radical (unpaired) electrons. The summed E-state index contributed by atoms with van der Waals surface area (Å²) in [5.74, 6) is 0.878. The van der Waals surface area contributed by atoms with Gasteiger partial charge in [0.2, 0.25) is 0 Å². The molecule has 1 aromatic rings. The lowest BCUT2D eigenvalue weighted by atomic mass is 10.2. The number of halogens is 1. The fourth-order valence-corrected chi connectivity index (χ4v) is 0.926. The molecule has 0 aliphatic heterocycles. The Labute approximate surface area is 84.0 Å². The third-order valence-electron chi connectivity index (χ3n) is 1.67. The molecule has 0 bridgehead atoms. The highest BCUT2D eigenvalue weighted by atomic mass is 35.5. The highest BCUT2D eigenvalue weighted by Crippen LogP contribution is 2.12. The number of ether oxygens (including phenoxy) is 1. The quantitative estimate of drug-likeness (QED) is 0.719. The number of rotatable bonds is 3. The van der Waals surface area contributed by atoms with Crippen molar-refractivity contribution in [2.24, 2.45) is 0 Å². The molecule has 13 heavy (non-hydrogen) atoms. The lowest BCUT2D eigenvalue weighted by molar-refractivity contribution is 0.352. The Bertz CT molecular complexity index is 287. The molecule has 0 amide bonds. The van der Waals surface area contributed by atoms with Gasteiger partial charge in [0.1, 0.15) is 12.4 Å². The Hall–Kier alpha value is -0.950. The smallest absolute Gasteiger partial charge is 0.119 e. The van der Waals surface area contributed by atoms with Crippen LogP contribution in [0.1, 0.15) is 12.5 Å². The molecule has 0 fully saturated rings. The molecular formula is C11H13ClO. The molecule has 70 valence electrons. The zero-order valence-corrected chi connectivity index (χ0v) is 8.64. The molecule has 0 aliphatic carbocycles. The van der Waals surface area contributed by atoms with Crippen molar-refractivity contribution in [2.45, 2.75) is 13.8 Å². The van der Waals surface area contributed by atoms with Crippen molar-refractivity contribution in [2.75, 3.05) is 6.61 Å². The van der Waals surface area contributed by atoms with Crippen LogP contribution in [0, 0.1) is 6.92 Å². The zero-order chi connectivity index (χ0) is 9.68. The van der Waals surface area contributed by atoms with Crippen molar-refractivity contribution in [3.05, 3.63) is 40.9 Å².